The summed E-state index contributed by atoms with van der Waals surface area (Å²) < 4.78 is 11.0. The molecule has 31 heavy (non-hydrogen) atoms. The normalized spacial score (nSPS) is 16.7. The van der Waals surface area contributed by atoms with E-state index in [1.165, 1.54) is 25.7 Å². The van der Waals surface area contributed by atoms with Crippen LogP contribution in [0.15, 0.2) is 30.3 Å². The van der Waals surface area contributed by atoms with Crippen molar-refractivity contribution in [1.29, 1.82) is 0 Å². The molecule has 2 rings (SSSR count). The fourth-order valence-electron chi connectivity index (χ4n) is 3.95. The van der Waals surface area contributed by atoms with Crippen LogP contribution in [-0.2, 0) is 20.9 Å². The Labute approximate surface area is 187 Å². The first-order valence-electron chi connectivity index (χ1n) is 11.6. The standard InChI is InChI=1S/C25H40N2O4/c1-6-22(26-24(29)31-25(3,4)5)17-27(16-20-12-10-11-13-20)19(2)23(28)30-18-21-14-8-7-9-15-21/h7-9,14-15,19-20,22H,6,10-13,16-18H2,1-5H3,(H,26,29). The molecule has 174 valence electrons. The fraction of sp³-hybridized carbons (Fsp3) is 0.680. The average Bonchev–Trinajstić information content (AvgIpc) is 3.22. The molecule has 0 saturated heterocycles. The second kappa shape index (κ2) is 12.1. The average molecular weight is 433 g/mol. The topological polar surface area (TPSA) is 67.9 Å². The molecule has 6 heteroatoms. The van der Waals surface area contributed by atoms with Crippen LogP contribution in [-0.4, -0.2) is 47.7 Å². The summed E-state index contributed by atoms with van der Waals surface area (Å²) in [5, 5.41) is 2.98. The number of benzene rings is 1. The van der Waals surface area contributed by atoms with Gasteiger partial charge < -0.3 is 14.8 Å². The molecule has 1 fully saturated rings. The van der Waals surface area contributed by atoms with Gasteiger partial charge in [-0.2, -0.15) is 0 Å². The van der Waals surface area contributed by atoms with Gasteiger partial charge in [-0.25, -0.2) is 4.79 Å². The maximum Gasteiger partial charge on any atom is 0.407 e. The van der Waals surface area contributed by atoms with Gasteiger partial charge in [0.05, 0.1) is 0 Å². The Morgan fingerprint density at radius 3 is 2.39 bits per heavy atom. The molecule has 0 radical (unpaired) electrons. The predicted molar refractivity (Wildman–Crippen MR) is 123 cm³/mol. The highest BCUT2D eigenvalue weighted by Gasteiger charge is 2.29. The summed E-state index contributed by atoms with van der Waals surface area (Å²) in [5.74, 6) is 0.359. The Balaban J connectivity index is 2.00. The van der Waals surface area contributed by atoms with E-state index in [1.54, 1.807) is 0 Å². The molecule has 0 aromatic heterocycles. The van der Waals surface area contributed by atoms with Crippen molar-refractivity contribution in [2.45, 2.75) is 91.0 Å². The number of carbonyl (C=O) groups is 2. The molecular formula is C25H40N2O4. The highest BCUT2D eigenvalue weighted by Crippen LogP contribution is 2.26. The molecule has 1 aromatic carbocycles. The zero-order valence-corrected chi connectivity index (χ0v) is 19.9. The SMILES string of the molecule is CCC(CN(CC1CCCC1)C(C)C(=O)OCc1ccccc1)NC(=O)OC(C)(C)C. The molecule has 1 amide bonds. The van der Waals surface area contributed by atoms with Crippen LogP contribution in [0.5, 0.6) is 0 Å². The quantitative estimate of drug-likeness (QED) is 0.532. The molecule has 2 atom stereocenters. The van der Waals surface area contributed by atoms with Crippen LogP contribution < -0.4 is 5.32 Å². The number of amides is 1. The van der Waals surface area contributed by atoms with Crippen LogP contribution in [0.25, 0.3) is 0 Å². The van der Waals surface area contributed by atoms with Crippen LogP contribution in [0.1, 0.15) is 72.3 Å². The third kappa shape index (κ3) is 9.30. The summed E-state index contributed by atoms with van der Waals surface area (Å²) in [5.41, 5.74) is 0.434. The lowest BCUT2D eigenvalue weighted by atomic mass is 10.1. The van der Waals surface area contributed by atoms with Gasteiger partial charge in [-0.15, -0.1) is 0 Å². The number of carbonyl (C=O) groups excluding carboxylic acids is 2. The Morgan fingerprint density at radius 2 is 1.81 bits per heavy atom. The summed E-state index contributed by atoms with van der Waals surface area (Å²) in [6.07, 6.45) is 5.22. The first kappa shape index (κ1) is 25.2. The van der Waals surface area contributed by atoms with Gasteiger partial charge in [0, 0.05) is 19.1 Å². The highest BCUT2D eigenvalue weighted by molar-refractivity contribution is 5.75. The smallest absolute Gasteiger partial charge is 0.407 e. The summed E-state index contributed by atoms with van der Waals surface area (Å²) in [4.78, 5) is 27.3. The second-order valence-corrected chi connectivity index (χ2v) is 9.63. The molecular weight excluding hydrogens is 392 g/mol. The minimum absolute atomic E-state index is 0.0966. The van der Waals surface area contributed by atoms with E-state index in [1.807, 2.05) is 65.0 Å². The monoisotopic (exact) mass is 432 g/mol. The van der Waals surface area contributed by atoms with E-state index in [-0.39, 0.29) is 24.7 Å². The van der Waals surface area contributed by atoms with E-state index >= 15 is 0 Å². The second-order valence-electron chi connectivity index (χ2n) is 9.63. The molecule has 0 aliphatic heterocycles. The largest absolute Gasteiger partial charge is 0.460 e. The van der Waals surface area contributed by atoms with Crippen LogP contribution in [0, 0.1) is 5.92 Å². The van der Waals surface area contributed by atoms with E-state index in [2.05, 4.69) is 10.2 Å². The predicted octanol–water partition coefficient (Wildman–Crippen LogP) is 4.91. The Bertz CT molecular complexity index is 681. The van der Waals surface area contributed by atoms with E-state index in [9.17, 15) is 9.59 Å². The van der Waals surface area contributed by atoms with Gasteiger partial charge in [-0.05, 0) is 58.4 Å². The molecule has 1 N–H and O–H groups in total. The van der Waals surface area contributed by atoms with Crippen molar-refractivity contribution in [2.75, 3.05) is 13.1 Å². The number of hydrogen-bond acceptors (Lipinski definition) is 5. The van der Waals surface area contributed by atoms with Crippen molar-refractivity contribution in [1.82, 2.24) is 10.2 Å². The van der Waals surface area contributed by atoms with Gasteiger partial charge in [0.1, 0.15) is 18.2 Å². The summed E-state index contributed by atoms with van der Waals surface area (Å²) >= 11 is 0. The van der Waals surface area contributed by atoms with Crippen LogP contribution >= 0.6 is 0 Å². The Kier molecular flexibility index (Phi) is 9.82. The lowest BCUT2D eigenvalue weighted by Gasteiger charge is -2.33. The lowest BCUT2D eigenvalue weighted by molar-refractivity contribution is -0.151. The Morgan fingerprint density at radius 1 is 1.16 bits per heavy atom. The minimum atomic E-state index is -0.541. The molecule has 1 aromatic rings. The van der Waals surface area contributed by atoms with E-state index in [0.29, 0.717) is 12.5 Å². The van der Waals surface area contributed by atoms with E-state index < -0.39 is 11.7 Å². The van der Waals surface area contributed by atoms with Crippen LogP contribution in [0.4, 0.5) is 4.79 Å². The van der Waals surface area contributed by atoms with E-state index in [4.69, 9.17) is 9.47 Å². The van der Waals surface area contributed by atoms with Crippen molar-refractivity contribution in [3.8, 4) is 0 Å². The zero-order valence-electron chi connectivity index (χ0n) is 19.9. The first-order chi connectivity index (χ1) is 14.7. The van der Waals surface area contributed by atoms with Crippen molar-refractivity contribution in [3.05, 3.63) is 35.9 Å². The number of rotatable bonds is 10. The van der Waals surface area contributed by atoms with Gasteiger partial charge in [0.15, 0.2) is 0 Å². The number of esters is 1. The molecule has 0 bridgehead atoms. The molecule has 1 aliphatic carbocycles. The van der Waals surface area contributed by atoms with Crippen molar-refractivity contribution >= 4 is 12.1 Å². The first-order valence-corrected chi connectivity index (χ1v) is 11.6. The number of nitrogens with zero attached hydrogens (tertiary/aromatic N) is 1. The van der Waals surface area contributed by atoms with Crippen molar-refractivity contribution in [3.63, 3.8) is 0 Å². The minimum Gasteiger partial charge on any atom is -0.460 e. The maximum absolute atomic E-state index is 12.8. The Hall–Kier alpha value is -2.08. The molecule has 1 saturated carbocycles. The fourth-order valence-corrected chi connectivity index (χ4v) is 3.95. The summed E-state index contributed by atoms with van der Waals surface area (Å²) in [6.45, 7) is 11.2. The van der Waals surface area contributed by atoms with Gasteiger partial charge in [0.2, 0.25) is 0 Å². The molecule has 0 spiro atoms. The maximum atomic E-state index is 12.8. The molecule has 0 heterocycles. The summed E-state index contributed by atoms with van der Waals surface area (Å²) in [7, 11) is 0. The van der Waals surface area contributed by atoms with Crippen LogP contribution in [0.2, 0.25) is 0 Å². The summed E-state index contributed by atoms with van der Waals surface area (Å²) in [6, 6.07) is 9.25. The molecule has 2 unspecified atom stereocenters. The van der Waals surface area contributed by atoms with Crippen molar-refractivity contribution in [2.24, 2.45) is 5.92 Å². The number of nitrogens with one attached hydrogen (secondary N) is 1. The van der Waals surface area contributed by atoms with Crippen molar-refractivity contribution < 1.29 is 19.1 Å². The van der Waals surface area contributed by atoms with Gasteiger partial charge in [-0.1, -0.05) is 50.1 Å². The van der Waals surface area contributed by atoms with Gasteiger partial charge in [-0.3, -0.25) is 9.69 Å². The zero-order chi connectivity index (χ0) is 22.9. The molecule has 1 aliphatic rings. The van der Waals surface area contributed by atoms with E-state index in [0.717, 1.165) is 18.5 Å². The molecule has 6 nitrogen and oxygen atoms in total. The lowest BCUT2D eigenvalue weighted by Crippen LogP contribution is -2.50. The van der Waals surface area contributed by atoms with Gasteiger partial charge in [0.25, 0.3) is 0 Å². The van der Waals surface area contributed by atoms with Gasteiger partial charge >= 0.3 is 12.1 Å². The number of alkyl carbamates (subject to hydrolysis) is 1. The third-order valence-corrected chi connectivity index (χ3v) is 5.75. The third-order valence-electron chi connectivity index (χ3n) is 5.75. The highest BCUT2D eigenvalue weighted by atomic mass is 16.6. The number of hydrogen-bond donors (Lipinski definition) is 1. The number of ether oxygens (including phenoxy) is 2. The van der Waals surface area contributed by atoms with Crippen LogP contribution in [0.3, 0.4) is 0 Å².